The summed E-state index contributed by atoms with van der Waals surface area (Å²) in [5.74, 6) is 1.42. The average Bonchev–Trinajstić information content (AvgIpc) is 3.22. The van der Waals surface area contributed by atoms with E-state index in [1.807, 2.05) is 38.6 Å². The van der Waals surface area contributed by atoms with E-state index in [-0.39, 0.29) is 0 Å². The molecule has 0 amide bonds. The van der Waals surface area contributed by atoms with Gasteiger partial charge in [-0.2, -0.15) is 0 Å². The number of aromatic nitrogens is 2. The van der Waals surface area contributed by atoms with Crippen LogP contribution in [0, 0.1) is 12.8 Å². The topological polar surface area (TPSA) is 54.6 Å². The molecule has 2 saturated heterocycles. The van der Waals surface area contributed by atoms with Gasteiger partial charge in [-0.1, -0.05) is 11.2 Å². The number of aryl methyl sites for hydroxylation is 1. The van der Waals surface area contributed by atoms with Gasteiger partial charge in [-0.05, 0) is 25.0 Å². The summed E-state index contributed by atoms with van der Waals surface area (Å²) < 4.78 is 11.0. The van der Waals surface area contributed by atoms with Crippen LogP contribution in [0.3, 0.4) is 0 Å². The minimum absolute atomic E-state index is 0.346. The van der Waals surface area contributed by atoms with Crippen molar-refractivity contribution in [2.75, 3.05) is 26.7 Å². The van der Waals surface area contributed by atoms with Crippen LogP contribution in [-0.4, -0.2) is 58.8 Å². The first-order chi connectivity index (χ1) is 12.2. The second kappa shape index (κ2) is 7.23. The van der Waals surface area contributed by atoms with Crippen molar-refractivity contribution in [3.05, 3.63) is 47.6 Å². The van der Waals surface area contributed by atoms with Gasteiger partial charge in [-0.15, -0.1) is 0 Å². The summed E-state index contributed by atoms with van der Waals surface area (Å²) in [5.41, 5.74) is 2.30. The molecular weight excluding hydrogens is 316 g/mol. The van der Waals surface area contributed by atoms with Crippen LogP contribution in [-0.2, 0) is 17.8 Å². The number of pyridine rings is 1. The molecular formula is C19H26N4O2. The molecule has 2 aromatic rings. The Morgan fingerprint density at radius 1 is 1.32 bits per heavy atom. The zero-order valence-electron chi connectivity index (χ0n) is 15.0. The van der Waals surface area contributed by atoms with Gasteiger partial charge in [-0.3, -0.25) is 14.8 Å². The van der Waals surface area contributed by atoms with E-state index >= 15 is 0 Å². The van der Waals surface area contributed by atoms with Crippen LogP contribution in [0.2, 0.25) is 0 Å². The molecule has 2 fully saturated rings. The maximum atomic E-state index is 5.81. The van der Waals surface area contributed by atoms with E-state index in [2.05, 4.69) is 26.0 Å². The fourth-order valence-electron chi connectivity index (χ4n) is 4.39. The fourth-order valence-corrected chi connectivity index (χ4v) is 4.39. The summed E-state index contributed by atoms with van der Waals surface area (Å²) in [6.07, 6.45) is 5.22. The normalized spacial score (nSPS) is 27.5. The van der Waals surface area contributed by atoms with Crippen LogP contribution in [0.1, 0.15) is 23.4 Å². The molecule has 0 aliphatic carbocycles. The van der Waals surface area contributed by atoms with Gasteiger partial charge >= 0.3 is 0 Å². The lowest BCUT2D eigenvalue weighted by Gasteiger charge is -2.40. The van der Waals surface area contributed by atoms with Gasteiger partial charge in [0, 0.05) is 70.3 Å². The highest BCUT2D eigenvalue weighted by molar-refractivity contribution is 5.10. The lowest BCUT2D eigenvalue weighted by Crippen LogP contribution is -2.50. The molecule has 0 saturated carbocycles. The van der Waals surface area contributed by atoms with Crippen molar-refractivity contribution >= 4 is 0 Å². The van der Waals surface area contributed by atoms with Crippen LogP contribution in [0.25, 0.3) is 0 Å². The Bertz CT molecular complexity index is 690. The molecule has 2 aliphatic heterocycles. The van der Waals surface area contributed by atoms with Gasteiger partial charge in [0.05, 0.1) is 11.8 Å². The molecule has 2 aliphatic rings. The van der Waals surface area contributed by atoms with Crippen molar-refractivity contribution in [2.45, 2.75) is 38.6 Å². The smallest absolute Gasteiger partial charge is 0.133 e. The standard InChI is InChI=1S/C19H26N4O2/c1-14-8-16(21-25-14)11-23-7-5-19(24-2)17-12-22(13-18(17)23)10-15-4-3-6-20-9-15/h3-4,6,8-9,17-19H,5,7,10-13H2,1-2H3/t17-,18+,19+/m0/s1. The summed E-state index contributed by atoms with van der Waals surface area (Å²) in [6, 6.07) is 6.71. The number of methoxy groups -OCH3 is 1. The second-order valence-electron chi connectivity index (χ2n) is 7.25. The molecule has 0 bridgehead atoms. The summed E-state index contributed by atoms with van der Waals surface area (Å²) in [7, 11) is 1.85. The zero-order valence-corrected chi connectivity index (χ0v) is 15.0. The predicted octanol–water partition coefficient (Wildman–Crippen LogP) is 2.10. The van der Waals surface area contributed by atoms with Crippen molar-refractivity contribution in [2.24, 2.45) is 5.92 Å². The fraction of sp³-hybridized carbons (Fsp3) is 0.579. The molecule has 0 radical (unpaired) electrons. The summed E-state index contributed by atoms with van der Waals surface area (Å²) in [5, 5.41) is 4.18. The molecule has 4 rings (SSSR count). The molecule has 6 heteroatoms. The molecule has 25 heavy (non-hydrogen) atoms. The van der Waals surface area contributed by atoms with Crippen molar-refractivity contribution in [1.82, 2.24) is 19.9 Å². The van der Waals surface area contributed by atoms with E-state index in [9.17, 15) is 0 Å². The molecule has 6 nitrogen and oxygen atoms in total. The molecule has 4 heterocycles. The highest BCUT2D eigenvalue weighted by atomic mass is 16.5. The van der Waals surface area contributed by atoms with Gasteiger partial charge in [0.2, 0.25) is 0 Å². The summed E-state index contributed by atoms with van der Waals surface area (Å²) >= 11 is 0. The van der Waals surface area contributed by atoms with Gasteiger partial charge in [-0.25, -0.2) is 0 Å². The van der Waals surface area contributed by atoms with Gasteiger partial charge < -0.3 is 9.26 Å². The SMILES string of the molecule is CO[C@@H]1CCN(Cc2cc(C)on2)[C@@H]2CN(Cc3cccnc3)C[C@@H]21. The van der Waals surface area contributed by atoms with Gasteiger partial charge in [0.25, 0.3) is 0 Å². The van der Waals surface area contributed by atoms with Crippen LogP contribution in [0.15, 0.2) is 35.1 Å². The Balaban J connectivity index is 1.47. The quantitative estimate of drug-likeness (QED) is 0.829. The van der Waals surface area contributed by atoms with Crippen LogP contribution in [0.5, 0.6) is 0 Å². The first-order valence-electron chi connectivity index (χ1n) is 9.03. The third-order valence-electron chi connectivity index (χ3n) is 5.53. The molecule has 2 aromatic heterocycles. The Morgan fingerprint density at radius 3 is 2.96 bits per heavy atom. The minimum Gasteiger partial charge on any atom is -0.381 e. The number of hydrogen-bond acceptors (Lipinski definition) is 6. The Hall–Kier alpha value is -1.76. The first kappa shape index (κ1) is 16.7. The molecule has 0 aromatic carbocycles. The van der Waals surface area contributed by atoms with Crippen molar-refractivity contribution < 1.29 is 9.26 Å². The van der Waals surface area contributed by atoms with E-state index in [1.54, 1.807) is 0 Å². The van der Waals surface area contributed by atoms with E-state index < -0.39 is 0 Å². The van der Waals surface area contributed by atoms with E-state index in [0.29, 0.717) is 18.1 Å². The van der Waals surface area contributed by atoms with Crippen LogP contribution in [0.4, 0.5) is 0 Å². The van der Waals surface area contributed by atoms with Crippen LogP contribution >= 0.6 is 0 Å². The molecule has 134 valence electrons. The first-order valence-corrected chi connectivity index (χ1v) is 9.03. The third kappa shape index (κ3) is 3.61. The number of piperidine rings is 1. The number of ether oxygens (including phenoxy) is 1. The molecule has 0 spiro atoms. The average molecular weight is 342 g/mol. The summed E-state index contributed by atoms with van der Waals surface area (Å²) in [4.78, 5) is 9.33. The Labute approximate surface area is 148 Å². The minimum atomic E-state index is 0.346. The lowest BCUT2D eigenvalue weighted by atomic mass is 9.89. The van der Waals surface area contributed by atoms with Crippen molar-refractivity contribution in [3.63, 3.8) is 0 Å². The summed E-state index contributed by atoms with van der Waals surface area (Å²) in [6.45, 7) is 6.94. The number of hydrogen-bond donors (Lipinski definition) is 0. The van der Waals surface area contributed by atoms with E-state index in [1.165, 1.54) is 5.56 Å². The maximum absolute atomic E-state index is 5.81. The van der Waals surface area contributed by atoms with Gasteiger partial charge in [0.15, 0.2) is 0 Å². The van der Waals surface area contributed by atoms with Crippen molar-refractivity contribution in [1.29, 1.82) is 0 Å². The van der Waals surface area contributed by atoms with Crippen LogP contribution < -0.4 is 0 Å². The number of fused-ring (bicyclic) bond motifs is 1. The monoisotopic (exact) mass is 342 g/mol. The number of rotatable bonds is 5. The maximum Gasteiger partial charge on any atom is 0.133 e. The van der Waals surface area contributed by atoms with Crippen molar-refractivity contribution in [3.8, 4) is 0 Å². The molecule has 0 N–H and O–H groups in total. The highest BCUT2D eigenvalue weighted by Crippen LogP contribution is 2.34. The zero-order chi connectivity index (χ0) is 17.2. The predicted molar refractivity (Wildman–Crippen MR) is 93.9 cm³/mol. The van der Waals surface area contributed by atoms with Gasteiger partial charge in [0.1, 0.15) is 5.76 Å². The lowest BCUT2D eigenvalue weighted by molar-refractivity contribution is -0.0250. The number of likely N-dealkylation sites (tertiary alicyclic amines) is 2. The second-order valence-corrected chi connectivity index (χ2v) is 7.25. The van der Waals surface area contributed by atoms with E-state index in [4.69, 9.17) is 9.26 Å². The Morgan fingerprint density at radius 2 is 2.24 bits per heavy atom. The highest BCUT2D eigenvalue weighted by Gasteiger charge is 2.44. The molecule has 3 atom stereocenters. The number of nitrogens with zero attached hydrogens (tertiary/aromatic N) is 4. The van der Waals surface area contributed by atoms with E-state index in [0.717, 1.165) is 50.6 Å². The largest absolute Gasteiger partial charge is 0.381 e. The molecule has 0 unspecified atom stereocenters. The third-order valence-corrected chi connectivity index (χ3v) is 5.53. The Kier molecular flexibility index (Phi) is 4.83.